The van der Waals surface area contributed by atoms with Crippen LogP contribution in [-0.4, -0.2) is 82.9 Å². The molecule has 3 heterocycles. The van der Waals surface area contributed by atoms with Gasteiger partial charge in [0.15, 0.2) is 5.96 Å². The minimum absolute atomic E-state index is 0. The molecule has 0 bridgehead atoms. The smallest absolute Gasteiger partial charge is 0.193 e. The minimum atomic E-state index is -0.588. The zero-order valence-electron chi connectivity index (χ0n) is 14.0. The van der Waals surface area contributed by atoms with Gasteiger partial charge in [-0.25, -0.2) is 0 Å². The lowest BCUT2D eigenvalue weighted by Gasteiger charge is -2.37. The summed E-state index contributed by atoms with van der Waals surface area (Å²) in [6, 6.07) is 1.91. The second kappa shape index (κ2) is 9.25. The zero-order valence-corrected chi connectivity index (χ0v) is 17.1. The number of rotatable bonds is 4. The maximum absolute atomic E-state index is 10.4. The molecule has 136 valence electrons. The van der Waals surface area contributed by atoms with Gasteiger partial charge in [-0.1, -0.05) is 5.16 Å². The van der Waals surface area contributed by atoms with Crippen LogP contribution in [0.25, 0.3) is 0 Å². The number of hydrogen-bond donors (Lipinski definition) is 2. The van der Waals surface area contributed by atoms with Crippen molar-refractivity contribution in [1.82, 2.24) is 20.3 Å². The number of nitrogens with one attached hydrogen (secondary N) is 1. The van der Waals surface area contributed by atoms with Crippen LogP contribution in [-0.2, 0) is 6.54 Å². The van der Waals surface area contributed by atoms with Crippen molar-refractivity contribution in [3.8, 4) is 0 Å². The molecular weight excluding hydrogens is 441 g/mol. The van der Waals surface area contributed by atoms with Crippen molar-refractivity contribution < 1.29 is 9.63 Å². The van der Waals surface area contributed by atoms with Gasteiger partial charge in [0, 0.05) is 58.1 Å². The Morgan fingerprint density at radius 1 is 1.46 bits per heavy atom. The minimum Gasteiger partial charge on any atom is -0.387 e. The number of aliphatic imine (C=N–C) groups is 1. The molecule has 1 atom stereocenters. The van der Waals surface area contributed by atoms with E-state index >= 15 is 0 Å². The highest BCUT2D eigenvalue weighted by Crippen LogP contribution is 2.27. The van der Waals surface area contributed by atoms with Gasteiger partial charge in [-0.2, -0.15) is 11.8 Å². The molecule has 0 spiro atoms. The van der Waals surface area contributed by atoms with E-state index in [-0.39, 0.29) is 24.0 Å². The van der Waals surface area contributed by atoms with Crippen molar-refractivity contribution >= 4 is 41.7 Å². The van der Waals surface area contributed by atoms with Crippen molar-refractivity contribution in [2.75, 3.05) is 51.3 Å². The Morgan fingerprint density at radius 2 is 2.25 bits per heavy atom. The van der Waals surface area contributed by atoms with E-state index in [1.54, 1.807) is 13.3 Å². The molecule has 2 aliphatic heterocycles. The summed E-state index contributed by atoms with van der Waals surface area (Å²) in [5.41, 5.74) is 0.386. The third-order valence-electron chi connectivity index (χ3n) is 4.42. The largest absolute Gasteiger partial charge is 0.387 e. The Morgan fingerprint density at radius 3 is 2.83 bits per heavy atom. The van der Waals surface area contributed by atoms with E-state index in [0.29, 0.717) is 6.54 Å². The molecule has 1 aromatic rings. The second-order valence-corrected chi connectivity index (χ2v) is 7.29. The van der Waals surface area contributed by atoms with Crippen LogP contribution in [0.5, 0.6) is 0 Å². The van der Waals surface area contributed by atoms with Crippen LogP contribution < -0.4 is 5.32 Å². The number of guanidine groups is 1. The molecule has 0 amide bonds. The van der Waals surface area contributed by atoms with E-state index in [4.69, 9.17) is 4.52 Å². The SMILES string of the molecule is CN=C(NCC1(O)CCSC1)N1CCN(Cc2ccon2)CC1.I. The molecule has 1 unspecified atom stereocenters. The van der Waals surface area contributed by atoms with Gasteiger partial charge in [-0.15, -0.1) is 24.0 Å². The molecule has 0 aromatic carbocycles. The molecule has 2 N–H and O–H groups in total. The van der Waals surface area contributed by atoms with E-state index < -0.39 is 5.60 Å². The summed E-state index contributed by atoms with van der Waals surface area (Å²) in [4.78, 5) is 8.99. The predicted molar refractivity (Wildman–Crippen MR) is 107 cm³/mol. The highest BCUT2D eigenvalue weighted by atomic mass is 127. The van der Waals surface area contributed by atoms with E-state index in [1.807, 2.05) is 17.8 Å². The fourth-order valence-electron chi connectivity index (χ4n) is 2.98. The number of hydrogen-bond acceptors (Lipinski definition) is 6. The summed E-state index contributed by atoms with van der Waals surface area (Å²) < 4.78 is 4.88. The Balaban J connectivity index is 0.00000208. The van der Waals surface area contributed by atoms with E-state index in [1.165, 1.54) is 0 Å². The van der Waals surface area contributed by atoms with Crippen LogP contribution >= 0.6 is 35.7 Å². The number of thioether (sulfide) groups is 1. The van der Waals surface area contributed by atoms with Gasteiger partial charge in [-0.05, 0) is 12.2 Å². The second-order valence-electron chi connectivity index (χ2n) is 6.18. The third kappa shape index (κ3) is 5.24. The monoisotopic (exact) mass is 467 g/mol. The maximum Gasteiger partial charge on any atom is 0.193 e. The fraction of sp³-hybridized carbons (Fsp3) is 0.733. The Labute approximate surface area is 164 Å². The summed E-state index contributed by atoms with van der Waals surface area (Å²) in [6.07, 6.45) is 2.47. The highest BCUT2D eigenvalue weighted by molar-refractivity contribution is 14.0. The van der Waals surface area contributed by atoms with Crippen LogP contribution in [0.3, 0.4) is 0 Å². The summed E-state index contributed by atoms with van der Waals surface area (Å²) in [5.74, 6) is 2.73. The van der Waals surface area contributed by atoms with Crippen LogP contribution in [0, 0.1) is 0 Å². The molecule has 0 saturated carbocycles. The summed E-state index contributed by atoms with van der Waals surface area (Å²) in [5, 5.41) is 17.8. The topological polar surface area (TPSA) is 77.1 Å². The first-order valence-corrected chi connectivity index (χ1v) is 9.21. The van der Waals surface area contributed by atoms with Gasteiger partial charge >= 0.3 is 0 Å². The normalized spacial score (nSPS) is 25.6. The Bertz CT molecular complexity index is 514. The van der Waals surface area contributed by atoms with Gasteiger partial charge in [0.2, 0.25) is 0 Å². The van der Waals surface area contributed by atoms with Gasteiger partial charge in [0.1, 0.15) is 6.26 Å². The number of aromatic nitrogens is 1. The number of halogens is 1. The molecule has 7 nitrogen and oxygen atoms in total. The summed E-state index contributed by atoms with van der Waals surface area (Å²) in [6.45, 7) is 5.18. The highest BCUT2D eigenvalue weighted by Gasteiger charge is 2.32. The van der Waals surface area contributed by atoms with Crippen LogP contribution in [0.4, 0.5) is 0 Å². The van der Waals surface area contributed by atoms with Crippen molar-refractivity contribution in [3.05, 3.63) is 18.0 Å². The lowest BCUT2D eigenvalue weighted by atomic mass is 10.0. The van der Waals surface area contributed by atoms with Gasteiger partial charge in [-0.3, -0.25) is 9.89 Å². The lowest BCUT2D eigenvalue weighted by molar-refractivity contribution is 0.0710. The van der Waals surface area contributed by atoms with Crippen LogP contribution in [0.1, 0.15) is 12.1 Å². The average Bonchev–Trinajstić information content (AvgIpc) is 3.22. The predicted octanol–water partition coefficient (Wildman–Crippen LogP) is 0.854. The Kier molecular flexibility index (Phi) is 7.63. The summed E-state index contributed by atoms with van der Waals surface area (Å²) >= 11 is 1.81. The number of piperazine rings is 1. The van der Waals surface area contributed by atoms with Crippen LogP contribution in [0.2, 0.25) is 0 Å². The third-order valence-corrected chi connectivity index (χ3v) is 5.65. The first-order chi connectivity index (χ1) is 11.2. The molecule has 24 heavy (non-hydrogen) atoms. The molecule has 9 heteroatoms. The molecule has 0 aliphatic carbocycles. The quantitative estimate of drug-likeness (QED) is 0.387. The maximum atomic E-state index is 10.4. The molecule has 0 radical (unpaired) electrons. The number of nitrogens with zero attached hydrogens (tertiary/aromatic N) is 4. The molecular formula is C15H26IN5O2S. The first kappa shape index (κ1) is 19.8. The molecule has 2 saturated heterocycles. The van der Waals surface area contributed by atoms with Gasteiger partial charge in [0.25, 0.3) is 0 Å². The van der Waals surface area contributed by atoms with E-state index in [2.05, 4.69) is 25.3 Å². The van der Waals surface area contributed by atoms with E-state index in [0.717, 1.165) is 62.3 Å². The standard InChI is InChI=1S/C15H25N5O2S.HI/c1-16-14(17-11-15(21)3-9-23-12-15)20-6-4-19(5-7-20)10-13-2-8-22-18-13;/h2,8,21H,3-7,9-12H2,1H3,(H,16,17);1H. The first-order valence-electron chi connectivity index (χ1n) is 8.06. The van der Waals surface area contributed by atoms with Crippen molar-refractivity contribution in [1.29, 1.82) is 0 Å². The Hall–Kier alpha value is -0.520. The van der Waals surface area contributed by atoms with Gasteiger partial charge < -0.3 is 19.8 Å². The molecule has 1 aromatic heterocycles. The summed E-state index contributed by atoms with van der Waals surface area (Å²) in [7, 11) is 1.80. The van der Waals surface area contributed by atoms with E-state index in [9.17, 15) is 5.11 Å². The van der Waals surface area contributed by atoms with Crippen molar-refractivity contribution in [2.45, 2.75) is 18.6 Å². The average molecular weight is 467 g/mol. The fourth-order valence-corrected chi connectivity index (χ4v) is 4.27. The van der Waals surface area contributed by atoms with Crippen molar-refractivity contribution in [2.24, 2.45) is 4.99 Å². The van der Waals surface area contributed by atoms with Crippen LogP contribution in [0.15, 0.2) is 21.8 Å². The molecule has 2 fully saturated rings. The molecule has 3 rings (SSSR count). The van der Waals surface area contributed by atoms with Crippen molar-refractivity contribution in [3.63, 3.8) is 0 Å². The number of aliphatic hydroxyl groups is 1. The molecule has 2 aliphatic rings. The van der Waals surface area contributed by atoms with Gasteiger partial charge in [0.05, 0.1) is 11.3 Å². The zero-order chi connectivity index (χ0) is 16.1. The lowest BCUT2D eigenvalue weighted by Crippen LogP contribution is -2.54.